The number of hydrogen-bond acceptors (Lipinski definition) is 3. The maximum Gasteiger partial charge on any atom is 0.284 e. The van der Waals surface area contributed by atoms with E-state index in [4.69, 9.17) is 11.6 Å². The smallest absolute Gasteiger partial charge is 0.284 e. The second-order valence-electron chi connectivity index (χ2n) is 6.38. The highest BCUT2D eigenvalue weighted by molar-refractivity contribution is 9.12. The number of amidine groups is 1. The molecule has 2 aromatic rings. The third-order valence-corrected chi connectivity index (χ3v) is 7.79. The first-order valence-electron chi connectivity index (χ1n) is 8.64. The fourth-order valence-electron chi connectivity index (χ4n) is 2.62. The summed E-state index contributed by atoms with van der Waals surface area (Å²) >= 11 is 12.6. The summed E-state index contributed by atoms with van der Waals surface area (Å²) in [6, 6.07) is 14.5. The number of aliphatic imine (C=N–C) groups is 1. The van der Waals surface area contributed by atoms with Gasteiger partial charge >= 0.3 is 0 Å². The van der Waals surface area contributed by atoms with Gasteiger partial charge in [-0.05, 0) is 75.5 Å². The van der Waals surface area contributed by atoms with Crippen LogP contribution in [-0.4, -0.2) is 25.7 Å². The number of benzene rings is 2. The minimum Gasteiger partial charge on any atom is -0.288 e. The van der Waals surface area contributed by atoms with Crippen molar-refractivity contribution in [3.05, 3.63) is 85.3 Å². The van der Waals surface area contributed by atoms with Gasteiger partial charge in [-0.2, -0.15) is 8.42 Å². The van der Waals surface area contributed by atoms with Gasteiger partial charge in [-0.15, -0.1) is 4.40 Å². The molecule has 5 nitrogen and oxygen atoms in total. The van der Waals surface area contributed by atoms with Crippen LogP contribution in [0.5, 0.6) is 0 Å². The predicted molar refractivity (Wildman–Crippen MR) is 127 cm³/mol. The lowest BCUT2D eigenvalue weighted by Gasteiger charge is -2.17. The Bertz CT molecular complexity index is 1220. The quantitative estimate of drug-likeness (QED) is 0.265. The van der Waals surface area contributed by atoms with Gasteiger partial charge < -0.3 is 0 Å². The summed E-state index contributed by atoms with van der Waals surface area (Å²) in [6.45, 7) is 3.39. The number of halogens is 3. The zero-order valence-electron chi connectivity index (χ0n) is 15.9. The third-order valence-electron chi connectivity index (χ3n) is 4.33. The van der Waals surface area contributed by atoms with Crippen molar-refractivity contribution in [1.82, 2.24) is 0 Å². The summed E-state index contributed by atoms with van der Waals surface area (Å²) in [5.41, 5.74) is 1.97. The van der Waals surface area contributed by atoms with Gasteiger partial charge in [0.1, 0.15) is 0 Å². The summed E-state index contributed by atoms with van der Waals surface area (Å²) in [4.78, 5) is 16.9. The molecule has 0 fully saturated rings. The van der Waals surface area contributed by atoms with Gasteiger partial charge in [0.2, 0.25) is 0 Å². The first-order chi connectivity index (χ1) is 14.1. The summed E-state index contributed by atoms with van der Waals surface area (Å²) < 4.78 is 30.7. The van der Waals surface area contributed by atoms with E-state index in [0.717, 1.165) is 0 Å². The lowest BCUT2D eigenvalue weighted by Crippen LogP contribution is -2.19. The number of rotatable bonds is 3. The van der Waals surface area contributed by atoms with Gasteiger partial charge in [-0.25, -0.2) is 4.99 Å². The molecule has 0 saturated heterocycles. The van der Waals surface area contributed by atoms with Gasteiger partial charge in [-0.1, -0.05) is 41.9 Å². The minimum atomic E-state index is -4.05. The largest absolute Gasteiger partial charge is 0.288 e. The van der Waals surface area contributed by atoms with Crippen molar-refractivity contribution in [2.75, 3.05) is 0 Å². The average molecular weight is 571 g/mol. The van der Waals surface area contributed by atoms with Gasteiger partial charge in [0, 0.05) is 16.2 Å². The highest BCUT2D eigenvalue weighted by Gasteiger charge is 2.27. The van der Waals surface area contributed by atoms with Crippen molar-refractivity contribution >= 4 is 70.8 Å². The maximum atomic E-state index is 12.9. The molecule has 30 heavy (non-hydrogen) atoms. The van der Waals surface area contributed by atoms with E-state index in [1.807, 2.05) is 6.07 Å². The van der Waals surface area contributed by atoms with Crippen molar-refractivity contribution in [3.63, 3.8) is 0 Å². The molecule has 0 amide bonds. The Morgan fingerprint density at radius 3 is 2.10 bits per heavy atom. The van der Waals surface area contributed by atoms with E-state index in [-0.39, 0.29) is 16.5 Å². The number of Topliss-reactive ketones (excluding diaryl/α,β-unsaturated/α-hetero) is 1. The van der Waals surface area contributed by atoms with E-state index in [2.05, 4.69) is 41.3 Å². The predicted octanol–water partition coefficient (Wildman–Crippen LogP) is 5.84. The normalized spacial score (nSPS) is 17.2. The molecular formula is C21H15Br2ClN2O3S. The first-order valence-corrected chi connectivity index (χ1v) is 12.0. The number of carbonyl (C=O) groups is 1. The number of nitrogens with zero attached hydrogens (tertiary/aromatic N) is 2. The van der Waals surface area contributed by atoms with Crippen molar-refractivity contribution in [2.45, 2.75) is 18.7 Å². The molecular weight excluding hydrogens is 556 g/mol. The van der Waals surface area contributed by atoms with Crippen LogP contribution in [0.3, 0.4) is 0 Å². The molecule has 0 aliphatic heterocycles. The van der Waals surface area contributed by atoms with Crippen LogP contribution < -0.4 is 0 Å². The Morgan fingerprint density at radius 1 is 0.900 bits per heavy atom. The Morgan fingerprint density at radius 2 is 1.50 bits per heavy atom. The van der Waals surface area contributed by atoms with Gasteiger partial charge in [0.15, 0.2) is 11.6 Å². The van der Waals surface area contributed by atoms with Crippen LogP contribution >= 0.6 is 43.5 Å². The van der Waals surface area contributed by atoms with Crippen LogP contribution in [0.25, 0.3) is 0 Å². The molecule has 0 bridgehead atoms. The van der Waals surface area contributed by atoms with Crippen molar-refractivity contribution in [3.8, 4) is 0 Å². The molecule has 1 aliphatic rings. The molecule has 0 spiro atoms. The molecule has 0 aromatic heterocycles. The van der Waals surface area contributed by atoms with Crippen LogP contribution in [0.15, 0.2) is 89.0 Å². The molecule has 0 heterocycles. The van der Waals surface area contributed by atoms with E-state index < -0.39 is 10.0 Å². The molecule has 1 aliphatic carbocycles. The number of allylic oxidation sites excluding steroid dienone is 4. The topological polar surface area (TPSA) is 75.9 Å². The standard InChI is InChI=1S/C21H15Br2ClN2O3S/c1-12-18(23)20(27)13(2)17(22)19(12)25-21(14-6-4-3-5-7-14)26-30(28,29)16-10-8-15(24)9-11-16/h3-11H,1-2H3. The summed E-state index contributed by atoms with van der Waals surface area (Å²) in [5, 5.41) is 0.420. The highest BCUT2D eigenvalue weighted by Crippen LogP contribution is 2.32. The summed E-state index contributed by atoms with van der Waals surface area (Å²) in [7, 11) is -4.05. The monoisotopic (exact) mass is 568 g/mol. The second-order valence-corrected chi connectivity index (χ2v) is 10.0. The zero-order valence-corrected chi connectivity index (χ0v) is 20.6. The second kappa shape index (κ2) is 9.09. The minimum absolute atomic E-state index is 0.000649. The Labute approximate surface area is 196 Å². The Hall–Kier alpha value is -1.87. The zero-order chi connectivity index (χ0) is 22.1. The van der Waals surface area contributed by atoms with E-state index in [1.54, 1.807) is 38.1 Å². The summed E-state index contributed by atoms with van der Waals surface area (Å²) in [6.07, 6.45) is 0. The molecule has 0 unspecified atom stereocenters. The lowest BCUT2D eigenvalue weighted by molar-refractivity contribution is -0.111. The molecule has 0 radical (unpaired) electrons. The van der Waals surface area contributed by atoms with Crippen molar-refractivity contribution in [2.24, 2.45) is 9.39 Å². The van der Waals surface area contributed by atoms with Gasteiger partial charge in [-0.3, -0.25) is 4.79 Å². The van der Waals surface area contributed by atoms with Crippen LogP contribution in [-0.2, 0) is 14.8 Å². The summed E-state index contributed by atoms with van der Waals surface area (Å²) in [5.74, 6) is -0.162. The van der Waals surface area contributed by atoms with Crippen molar-refractivity contribution in [1.29, 1.82) is 0 Å². The van der Waals surface area contributed by atoms with Crippen LogP contribution in [0.1, 0.15) is 19.4 Å². The highest BCUT2D eigenvalue weighted by atomic mass is 79.9. The molecule has 3 rings (SSSR count). The first kappa shape index (κ1) is 22.8. The fourth-order valence-corrected chi connectivity index (χ4v) is 4.75. The number of ketones is 1. The maximum absolute atomic E-state index is 12.9. The van der Waals surface area contributed by atoms with Crippen molar-refractivity contribution < 1.29 is 13.2 Å². The fraction of sp³-hybridized carbons (Fsp3) is 0.0952. The lowest BCUT2D eigenvalue weighted by atomic mass is 9.98. The molecule has 9 heteroatoms. The van der Waals surface area contributed by atoms with E-state index in [9.17, 15) is 13.2 Å². The van der Waals surface area contributed by atoms with E-state index >= 15 is 0 Å². The van der Waals surface area contributed by atoms with Gasteiger partial charge in [0.05, 0.1) is 19.6 Å². The SMILES string of the molecule is CC1=C(Br)C(=O)C(C)=C(Br)C1=NC(=NS(=O)(=O)c1ccc(Cl)cc1)c1ccccc1. The van der Waals surface area contributed by atoms with Crippen LogP contribution in [0.4, 0.5) is 0 Å². The average Bonchev–Trinajstić information content (AvgIpc) is 2.74. The van der Waals surface area contributed by atoms with E-state index in [1.165, 1.54) is 24.3 Å². The van der Waals surface area contributed by atoms with E-state index in [0.29, 0.717) is 36.4 Å². The molecule has 0 saturated carbocycles. The molecule has 154 valence electrons. The van der Waals surface area contributed by atoms with Crippen LogP contribution in [0, 0.1) is 0 Å². The number of hydrogen-bond donors (Lipinski definition) is 0. The number of carbonyl (C=O) groups excluding carboxylic acids is 1. The Kier molecular flexibility index (Phi) is 6.91. The molecule has 2 aromatic carbocycles. The Balaban J connectivity index is 2.23. The molecule has 0 N–H and O–H groups in total. The number of sulfonamides is 1. The van der Waals surface area contributed by atoms with Crippen LogP contribution in [0.2, 0.25) is 5.02 Å². The van der Waals surface area contributed by atoms with Gasteiger partial charge in [0.25, 0.3) is 10.0 Å². The molecule has 0 atom stereocenters. The third kappa shape index (κ3) is 4.72.